The summed E-state index contributed by atoms with van der Waals surface area (Å²) < 4.78 is 9.16. The number of ether oxygens (including phenoxy) is 1. The monoisotopic (exact) mass is 348 g/mol. The van der Waals surface area contributed by atoms with Crippen LogP contribution in [0.5, 0.6) is 0 Å². The van der Waals surface area contributed by atoms with Crippen LogP contribution in [0.15, 0.2) is 61.1 Å². The van der Waals surface area contributed by atoms with E-state index in [0.29, 0.717) is 25.3 Å². The number of rotatable bonds is 6. The maximum absolute atomic E-state index is 12.7. The van der Waals surface area contributed by atoms with Crippen LogP contribution in [0.2, 0.25) is 0 Å². The Labute approximate surface area is 151 Å². The largest absolute Gasteiger partial charge is 0.383 e. The van der Waals surface area contributed by atoms with Crippen molar-refractivity contribution in [3.8, 4) is 0 Å². The van der Waals surface area contributed by atoms with Crippen molar-refractivity contribution in [3.05, 3.63) is 72.3 Å². The van der Waals surface area contributed by atoms with Gasteiger partial charge in [-0.2, -0.15) is 0 Å². The molecule has 0 unspecified atom stereocenters. The van der Waals surface area contributed by atoms with E-state index in [1.165, 1.54) is 0 Å². The Morgan fingerprint density at radius 2 is 2.00 bits per heavy atom. The Morgan fingerprint density at radius 3 is 2.85 bits per heavy atom. The first-order valence-corrected chi connectivity index (χ1v) is 8.54. The molecule has 3 aromatic heterocycles. The standard InChI is InChI=1S/C20H20N4O2/c1-26-11-10-23-14-17(16-6-2-3-7-18(16)23)20(25)21-12-15-13-24-9-5-4-8-19(24)22-15/h2-9,13-14H,10-12H2,1H3,(H,21,25). The van der Waals surface area contributed by atoms with Gasteiger partial charge < -0.3 is 19.0 Å². The lowest BCUT2D eigenvalue weighted by Crippen LogP contribution is -2.22. The molecule has 0 fully saturated rings. The summed E-state index contributed by atoms with van der Waals surface area (Å²) in [7, 11) is 1.67. The summed E-state index contributed by atoms with van der Waals surface area (Å²) in [5.74, 6) is -0.102. The van der Waals surface area contributed by atoms with Gasteiger partial charge in [0.05, 0.1) is 24.4 Å². The van der Waals surface area contributed by atoms with E-state index in [2.05, 4.69) is 14.9 Å². The lowest BCUT2D eigenvalue weighted by Gasteiger charge is -2.03. The van der Waals surface area contributed by atoms with Crippen LogP contribution in [0.1, 0.15) is 16.1 Å². The van der Waals surface area contributed by atoms with Crippen LogP contribution < -0.4 is 5.32 Å². The van der Waals surface area contributed by atoms with E-state index >= 15 is 0 Å². The highest BCUT2D eigenvalue weighted by Crippen LogP contribution is 2.21. The number of hydrogen-bond donors (Lipinski definition) is 1. The van der Waals surface area contributed by atoms with Gasteiger partial charge in [-0.25, -0.2) is 4.98 Å². The predicted octanol–water partition coefficient (Wildman–Crippen LogP) is 2.87. The molecule has 4 aromatic rings. The fraction of sp³-hybridized carbons (Fsp3) is 0.200. The zero-order chi connectivity index (χ0) is 17.9. The van der Waals surface area contributed by atoms with E-state index < -0.39 is 0 Å². The lowest BCUT2D eigenvalue weighted by molar-refractivity contribution is 0.0951. The van der Waals surface area contributed by atoms with E-state index in [9.17, 15) is 4.79 Å². The van der Waals surface area contributed by atoms with Crippen LogP contribution in [-0.4, -0.2) is 33.6 Å². The number of carbonyl (C=O) groups is 1. The van der Waals surface area contributed by atoms with E-state index in [0.717, 1.165) is 22.2 Å². The highest BCUT2D eigenvalue weighted by molar-refractivity contribution is 6.06. The van der Waals surface area contributed by atoms with Crippen molar-refractivity contribution in [2.75, 3.05) is 13.7 Å². The van der Waals surface area contributed by atoms with E-state index in [1.807, 2.05) is 65.5 Å². The molecule has 0 aliphatic rings. The minimum absolute atomic E-state index is 0.102. The Balaban J connectivity index is 1.55. The fourth-order valence-electron chi connectivity index (χ4n) is 3.14. The Morgan fingerprint density at radius 1 is 1.15 bits per heavy atom. The van der Waals surface area contributed by atoms with Gasteiger partial charge >= 0.3 is 0 Å². The number of imidazole rings is 1. The van der Waals surface area contributed by atoms with Gasteiger partial charge in [-0.15, -0.1) is 0 Å². The number of fused-ring (bicyclic) bond motifs is 2. The Hall–Kier alpha value is -3.12. The summed E-state index contributed by atoms with van der Waals surface area (Å²) in [5.41, 5.74) is 3.39. The predicted molar refractivity (Wildman–Crippen MR) is 100 cm³/mol. The topological polar surface area (TPSA) is 60.6 Å². The number of methoxy groups -OCH3 is 1. The second-order valence-corrected chi connectivity index (χ2v) is 6.13. The summed E-state index contributed by atoms with van der Waals surface area (Å²) in [4.78, 5) is 17.3. The molecule has 0 saturated carbocycles. The summed E-state index contributed by atoms with van der Waals surface area (Å²) in [6.07, 6.45) is 5.76. The molecule has 0 bridgehead atoms. The second kappa shape index (κ2) is 7.01. The van der Waals surface area contributed by atoms with Gasteiger partial charge in [-0.05, 0) is 18.2 Å². The van der Waals surface area contributed by atoms with E-state index in [-0.39, 0.29) is 5.91 Å². The molecule has 6 heteroatoms. The number of carbonyl (C=O) groups excluding carboxylic acids is 1. The molecule has 0 aliphatic carbocycles. The van der Waals surface area contributed by atoms with Gasteiger partial charge in [0.25, 0.3) is 5.91 Å². The van der Waals surface area contributed by atoms with Crippen molar-refractivity contribution in [3.63, 3.8) is 0 Å². The minimum Gasteiger partial charge on any atom is -0.383 e. The number of para-hydroxylation sites is 1. The molecule has 4 rings (SSSR count). The van der Waals surface area contributed by atoms with Gasteiger partial charge in [-0.1, -0.05) is 24.3 Å². The zero-order valence-corrected chi connectivity index (χ0v) is 14.6. The number of pyridine rings is 1. The van der Waals surface area contributed by atoms with Crippen LogP contribution in [0.3, 0.4) is 0 Å². The fourth-order valence-corrected chi connectivity index (χ4v) is 3.14. The lowest BCUT2D eigenvalue weighted by atomic mass is 10.1. The first-order valence-electron chi connectivity index (χ1n) is 8.54. The minimum atomic E-state index is -0.102. The number of amides is 1. The Kier molecular flexibility index (Phi) is 4.41. The second-order valence-electron chi connectivity index (χ2n) is 6.13. The number of nitrogens with zero attached hydrogens (tertiary/aromatic N) is 3. The summed E-state index contributed by atoms with van der Waals surface area (Å²) in [6, 6.07) is 13.7. The highest BCUT2D eigenvalue weighted by atomic mass is 16.5. The van der Waals surface area contributed by atoms with E-state index in [1.54, 1.807) is 7.11 Å². The quantitative estimate of drug-likeness (QED) is 0.583. The van der Waals surface area contributed by atoms with Crippen LogP contribution in [0.25, 0.3) is 16.6 Å². The molecule has 3 heterocycles. The van der Waals surface area contributed by atoms with E-state index in [4.69, 9.17) is 4.74 Å². The third-order valence-electron chi connectivity index (χ3n) is 4.41. The summed E-state index contributed by atoms with van der Waals surface area (Å²) >= 11 is 0. The van der Waals surface area contributed by atoms with Crippen LogP contribution in [0.4, 0.5) is 0 Å². The van der Waals surface area contributed by atoms with Crippen LogP contribution >= 0.6 is 0 Å². The molecule has 1 aromatic carbocycles. The summed E-state index contributed by atoms with van der Waals surface area (Å²) in [5, 5.41) is 3.92. The maximum atomic E-state index is 12.7. The number of aromatic nitrogens is 3. The van der Waals surface area contributed by atoms with Crippen LogP contribution in [-0.2, 0) is 17.8 Å². The molecule has 26 heavy (non-hydrogen) atoms. The van der Waals surface area contributed by atoms with Gasteiger partial charge in [0.1, 0.15) is 5.65 Å². The van der Waals surface area contributed by atoms with Crippen molar-refractivity contribution in [2.24, 2.45) is 0 Å². The number of benzene rings is 1. The summed E-state index contributed by atoms with van der Waals surface area (Å²) in [6.45, 7) is 1.69. The normalized spacial score (nSPS) is 11.3. The highest BCUT2D eigenvalue weighted by Gasteiger charge is 2.15. The maximum Gasteiger partial charge on any atom is 0.253 e. The number of nitrogens with one attached hydrogen (secondary N) is 1. The van der Waals surface area contributed by atoms with Crippen molar-refractivity contribution in [2.45, 2.75) is 13.1 Å². The Bertz CT molecular complexity index is 1030. The molecule has 0 saturated heterocycles. The van der Waals surface area contributed by atoms with Gasteiger partial charge in [0, 0.05) is 43.1 Å². The zero-order valence-electron chi connectivity index (χ0n) is 14.6. The molecule has 0 atom stereocenters. The molecule has 1 N–H and O–H groups in total. The van der Waals surface area contributed by atoms with Gasteiger partial charge in [-0.3, -0.25) is 4.79 Å². The number of hydrogen-bond acceptors (Lipinski definition) is 3. The first-order chi connectivity index (χ1) is 12.8. The van der Waals surface area contributed by atoms with Crippen molar-refractivity contribution < 1.29 is 9.53 Å². The molecule has 0 radical (unpaired) electrons. The molecule has 6 nitrogen and oxygen atoms in total. The van der Waals surface area contributed by atoms with Gasteiger partial charge in [0.15, 0.2) is 0 Å². The molecule has 0 spiro atoms. The molecular weight excluding hydrogens is 328 g/mol. The smallest absolute Gasteiger partial charge is 0.253 e. The van der Waals surface area contributed by atoms with Crippen LogP contribution in [0, 0.1) is 0 Å². The van der Waals surface area contributed by atoms with Gasteiger partial charge in [0.2, 0.25) is 0 Å². The third kappa shape index (κ3) is 3.07. The van der Waals surface area contributed by atoms with Crippen molar-refractivity contribution in [1.29, 1.82) is 0 Å². The molecular formula is C20H20N4O2. The first kappa shape index (κ1) is 16.4. The SMILES string of the molecule is COCCn1cc(C(=O)NCc2cn3ccccc3n2)c2ccccc21. The molecule has 132 valence electrons. The average Bonchev–Trinajstić information content (AvgIpc) is 3.25. The average molecular weight is 348 g/mol. The van der Waals surface area contributed by atoms with Crippen molar-refractivity contribution >= 4 is 22.5 Å². The molecule has 1 amide bonds. The molecule has 0 aliphatic heterocycles. The van der Waals surface area contributed by atoms with Crippen molar-refractivity contribution in [1.82, 2.24) is 19.3 Å². The third-order valence-corrected chi connectivity index (χ3v) is 4.41.